The van der Waals surface area contributed by atoms with E-state index < -0.39 is 5.97 Å². The summed E-state index contributed by atoms with van der Waals surface area (Å²) in [6.07, 6.45) is 1.12. The van der Waals surface area contributed by atoms with Crippen molar-refractivity contribution in [3.8, 4) is 17.6 Å². The van der Waals surface area contributed by atoms with Gasteiger partial charge in [0, 0.05) is 22.9 Å². The van der Waals surface area contributed by atoms with E-state index in [1.54, 1.807) is 24.3 Å². The molecule has 0 aliphatic rings. The van der Waals surface area contributed by atoms with Crippen LogP contribution in [0.2, 0.25) is 0 Å². The summed E-state index contributed by atoms with van der Waals surface area (Å²) < 4.78 is 4.98. The summed E-state index contributed by atoms with van der Waals surface area (Å²) in [5.41, 5.74) is 8.04. The fourth-order valence-corrected chi connectivity index (χ4v) is 1.47. The van der Waals surface area contributed by atoms with Gasteiger partial charge in [0.15, 0.2) is 0 Å². The molecule has 0 radical (unpaired) electrons. The van der Waals surface area contributed by atoms with Gasteiger partial charge < -0.3 is 10.5 Å². The van der Waals surface area contributed by atoms with E-state index in [1.807, 2.05) is 24.3 Å². The number of nitrogens with two attached hydrogens (primary N) is 1. The molecule has 0 fully saturated rings. The lowest BCUT2D eigenvalue weighted by atomic mass is 10.1. The van der Waals surface area contributed by atoms with Gasteiger partial charge in [-0.2, -0.15) is 0 Å². The number of carbonyl (C=O) groups excluding carboxylic acids is 1. The van der Waals surface area contributed by atoms with Crippen molar-refractivity contribution in [1.29, 1.82) is 0 Å². The molecule has 0 bridgehead atoms. The molecule has 0 atom stereocenters. The maximum Gasteiger partial charge on any atom is 0.335 e. The summed E-state index contributed by atoms with van der Waals surface area (Å²) >= 11 is 0. The summed E-state index contributed by atoms with van der Waals surface area (Å²) in [5.74, 6) is 6.04. The van der Waals surface area contributed by atoms with Crippen LogP contribution in [-0.2, 0) is 4.79 Å². The molecule has 0 unspecified atom stereocenters. The first-order valence-electron chi connectivity index (χ1n) is 5.99. The normalized spacial score (nSPS) is 9.20. The Labute approximate surface area is 117 Å². The van der Waals surface area contributed by atoms with Crippen molar-refractivity contribution >= 4 is 11.7 Å². The van der Waals surface area contributed by atoms with E-state index in [0.29, 0.717) is 11.4 Å². The first-order valence-corrected chi connectivity index (χ1v) is 5.99. The highest BCUT2D eigenvalue weighted by atomic mass is 16.5. The standard InChI is InChI=1S/C17H13NO2/c1-2-17(19)20-16-11-7-14(8-12-16)4-3-13-5-9-15(18)10-6-13/h2,5-12H,1,18H2. The Morgan fingerprint density at radius 2 is 1.50 bits per heavy atom. The molecule has 2 aromatic rings. The Hall–Kier alpha value is -2.99. The monoisotopic (exact) mass is 263 g/mol. The minimum absolute atomic E-state index is 0.466. The Balaban J connectivity index is 2.09. The number of benzene rings is 2. The fourth-order valence-electron chi connectivity index (χ4n) is 1.47. The second-order valence-corrected chi connectivity index (χ2v) is 4.02. The van der Waals surface area contributed by atoms with Gasteiger partial charge in [0.2, 0.25) is 0 Å². The van der Waals surface area contributed by atoms with Crippen molar-refractivity contribution < 1.29 is 9.53 Å². The average molecular weight is 263 g/mol. The van der Waals surface area contributed by atoms with E-state index in [4.69, 9.17) is 10.5 Å². The van der Waals surface area contributed by atoms with Gasteiger partial charge in [-0.25, -0.2) is 4.79 Å². The third-order valence-corrected chi connectivity index (χ3v) is 2.50. The van der Waals surface area contributed by atoms with Crippen LogP contribution in [0.5, 0.6) is 5.75 Å². The fraction of sp³-hybridized carbons (Fsp3) is 0. The Morgan fingerprint density at radius 3 is 2.00 bits per heavy atom. The minimum Gasteiger partial charge on any atom is -0.423 e. The third-order valence-electron chi connectivity index (χ3n) is 2.50. The Kier molecular flexibility index (Phi) is 4.21. The second kappa shape index (κ2) is 6.26. The molecule has 2 aromatic carbocycles. The number of hydrogen-bond donors (Lipinski definition) is 1. The summed E-state index contributed by atoms with van der Waals surface area (Å²) in [6, 6.07) is 14.3. The van der Waals surface area contributed by atoms with E-state index in [2.05, 4.69) is 18.4 Å². The molecule has 0 saturated carbocycles. The highest BCUT2D eigenvalue weighted by Gasteiger charge is 1.98. The topological polar surface area (TPSA) is 52.3 Å². The number of esters is 1. The van der Waals surface area contributed by atoms with E-state index in [0.717, 1.165) is 17.2 Å². The van der Waals surface area contributed by atoms with Crippen LogP contribution in [0.25, 0.3) is 0 Å². The SMILES string of the molecule is C=CC(=O)Oc1ccc(C#Cc2ccc(N)cc2)cc1. The second-order valence-electron chi connectivity index (χ2n) is 4.02. The van der Waals surface area contributed by atoms with E-state index in [-0.39, 0.29) is 0 Å². The zero-order valence-electron chi connectivity index (χ0n) is 10.8. The first-order chi connectivity index (χ1) is 9.67. The Morgan fingerprint density at radius 1 is 1.00 bits per heavy atom. The molecule has 98 valence electrons. The van der Waals surface area contributed by atoms with Gasteiger partial charge in [-0.1, -0.05) is 18.4 Å². The zero-order chi connectivity index (χ0) is 14.4. The quantitative estimate of drug-likeness (QED) is 0.298. The smallest absolute Gasteiger partial charge is 0.335 e. The van der Waals surface area contributed by atoms with Gasteiger partial charge in [0.25, 0.3) is 0 Å². The van der Waals surface area contributed by atoms with Crippen LogP contribution in [-0.4, -0.2) is 5.97 Å². The largest absolute Gasteiger partial charge is 0.423 e. The molecule has 0 spiro atoms. The molecular weight excluding hydrogens is 250 g/mol. The van der Waals surface area contributed by atoms with Gasteiger partial charge in [-0.05, 0) is 48.5 Å². The van der Waals surface area contributed by atoms with Crippen LogP contribution in [0, 0.1) is 11.8 Å². The summed E-state index contributed by atoms with van der Waals surface area (Å²) in [7, 11) is 0. The first kappa shape index (κ1) is 13.4. The summed E-state index contributed by atoms with van der Waals surface area (Å²) in [5, 5.41) is 0. The minimum atomic E-state index is -0.481. The van der Waals surface area contributed by atoms with E-state index in [9.17, 15) is 4.79 Å². The van der Waals surface area contributed by atoms with Crippen molar-refractivity contribution in [3.63, 3.8) is 0 Å². The predicted molar refractivity (Wildman–Crippen MR) is 79.1 cm³/mol. The van der Waals surface area contributed by atoms with Crippen molar-refractivity contribution in [2.24, 2.45) is 0 Å². The van der Waals surface area contributed by atoms with Gasteiger partial charge in [0.05, 0.1) is 0 Å². The van der Waals surface area contributed by atoms with Gasteiger partial charge >= 0.3 is 5.97 Å². The number of nitrogen functional groups attached to an aromatic ring is 1. The van der Waals surface area contributed by atoms with Crippen LogP contribution in [0.15, 0.2) is 61.2 Å². The lowest BCUT2D eigenvalue weighted by Crippen LogP contribution is -2.02. The summed E-state index contributed by atoms with van der Waals surface area (Å²) in [4.78, 5) is 11.0. The predicted octanol–water partition coefficient (Wildman–Crippen LogP) is 2.76. The molecule has 0 aromatic heterocycles. The molecule has 3 heteroatoms. The van der Waals surface area contributed by atoms with E-state index in [1.165, 1.54) is 0 Å². The van der Waals surface area contributed by atoms with Crippen LogP contribution >= 0.6 is 0 Å². The summed E-state index contributed by atoms with van der Waals surface area (Å²) in [6.45, 7) is 3.34. The van der Waals surface area contributed by atoms with Crippen LogP contribution in [0.1, 0.15) is 11.1 Å². The van der Waals surface area contributed by atoms with Crippen LogP contribution in [0.4, 0.5) is 5.69 Å². The number of anilines is 1. The van der Waals surface area contributed by atoms with E-state index >= 15 is 0 Å². The van der Waals surface area contributed by atoms with Gasteiger partial charge in [-0.15, -0.1) is 0 Å². The van der Waals surface area contributed by atoms with Crippen molar-refractivity contribution in [2.75, 3.05) is 5.73 Å². The zero-order valence-corrected chi connectivity index (χ0v) is 10.8. The molecule has 20 heavy (non-hydrogen) atoms. The van der Waals surface area contributed by atoms with Crippen molar-refractivity contribution in [1.82, 2.24) is 0 Å². The molecule has 2 N–H and O–H groups in total. The number of ether oxygens (including phenoxy) is 1. The maximum absolute atomic E-state index is 11.0. The molecule has 0 amide bonds. The molecule has 0 heterocycles. The maximum atomic E-state index is 11.0. The Bertz CT molecular complexity index is 674. The van der Waals surface area contributed by atoms with Crippen molar-refractivity contribution in [3.05, 3.63) is 72.3 Å². The van der Waals surface area contributed by atoms with Crippen molar-refractivity contribution in [2.45, 2.75) is 0 Å². The highest BCUT2D eigenvalue weighted by Crippen LogP contribution is 2.12. The number of hydrogen-bond acceptors (Lipinski definition) is 3. The number of rotatable bonds is 2. The van der Waals surface area contributed by atoms with Crippen LogP contribution in [0.3, 0.4) is 0 Å². The number of carbonyl (C=O) groups is 1. The lowest BCUT2D eigenvalue weighted by molar-refractivity contribution is -0.128. The van der Waals surface area contributed by atoms with Gasteiger partial charge in [-0.3, -0.25) is 0 Å². The molecular formula is C17H13NO2. The third kappa shape index (κ3) is 3.76. The lowest BCUT2D eigenvalue weighted by Gasteiger charge is -2.00. The van der Waals surface area contributed by atoms with Gasteiger partial charge in [0.1, 0.15) is 5.75 Å². The molecule has 0 aliphatic carbocycles. The molecule has 0 saturated heterocycles. The molecule has 3 nitrogen and oxygen atoms in total. The van der Waals surface area contributed by atoms with Crippen LogP contribution < -0.4 is 10.5 Å². The molecule has 2 rings (SSSR count). The molecule has 0 aliphatic heterocycles. The highest BCUT2D eigenvalue weighted by molar-refractivity contribution is 5.83. The average Bonchev–Trinajstić information content (AvgIpc) is 2.48.